The molecule has 2 atom stereocenters. The molecule has 0 aromatic heterocycles. The Morgan fingerprint density at radius 3 is 2.17 bits per heavy atom. The van der Waals surface area contributed by atoms with Gasteiger partial charge in [-0.2, -0.15) is 0 Å². The highest BCUT2D eigenvalue weighted by Crippen LogP contribution is 2.48. The molecule has 2 nitrogen and oxygen atoms in total. The summed E-state index contributed by atoms with van der Waals surface area (Å²) in [5.74, 6) is 0. The van der Waals surface area contributed by atoms with E-state index in [1.54, 1.807) is 0 Å². The maximum Gasteiger partial charge on any atom is 0.0212 e. The van der Waals surface area contributed by atoms with Gasteiger partial charge in [-0.25, -0.2) is 0 Å². The van der Waals surface area contributed by atoms with Crippen LogP contribution in [0.5, 0.6) is 0 Å². The quantitative estimate of drug-likeness (QED) is 0.823. The Labute approximate surface area is 113 Å². The lowest BCUT2D eigenvalue weighted by Crippen LogP contribution is -2.66. The van der Waals surface area contributed by atoms with Gasteiger partial charge < -0.3 is 5.32 Å². The average Bonchev–Trinajstić information content (AvgIpc) is 2.29. The van der Waals surface area contributed by atoms with Crippen molar-refractivity contribution in [2.75, 3.05) is 6.54 Å². The lowest BCUT2D eigenvalue weighted by atomic mass is 9.68. The van der Waals surface area contributed by atoms with Gasteiger partial charge in [-0.05, 0) is 57.9 Å². The van der Waals surface area contributed by atoms with Gasteiger partial charge in [-0.1, -0.05) is 20.3 Å². The molecule has 1 N–H and O–H groups in total. The highest BCUT2D eigenvalue weighted by molar-refractivity contribution is 5.06. The van der Waals surface area contributed by atoms with Gasteiger partial charge in [0.05, 0.1) is 0 Å². The SMILES string of the molecule is CCNC1CC2CCCC(C1)N2C1(CC)CCC1. The number of rotatable bonds is 4. The second kappa shape index (κ2) is 5.13. The largest absolute Gasteiger partial charge is 0.314 e. The summed E-state index contributed by atoms with van der Waals surface area (Å²) in [6, 6.07) is 2.58. The van der Waals surface area contributed by atoms with Crippen molar-refractivity contribution in [3.63, 3.8) is 0 Å². The Kier molecular flexibility index (Phi) is 3.68. The second-order valence-corrected chi connectivity index (χ2v) is 6.80. The molecule has 0 radical (unpaired) electrons. The molecule has 0 spiro atoms. The number of fused-ring (bicyclic) bond motifs is 2. The van der Waals surface area contributed by atoms with Gasteiger partial charge in [-0.15, -0.1) is 0 Å². The predicted molar refractivity (Wildman–Crippen MR) is 76.8 cm³/mol. The fourth-order valence-corrected chi connectivity index (χ4v) is 4.99. The van der Waals surface area contributed by atoms with Crippen molar-refractivity contribution < 1.29 is 0 Å². The van der Waals surface area contributed by atoms with Crippen LogP contribution in [0, 0.1) is 0 Å². The molecule has 104 valence electrons. The van der Waals surface area contributed by atoms with Crippen LogP contribution in [-0.2, 0) is 0 Å². The second-order valence-electron chi connectivity index (χ2n) is 6.80. The first-order chi connectivity index (χ1) is 8.79. The summed E-state index contributed by atoms with van der Waals surface area (Å²) in [5, 5.41) is 3.71. The first kappa shape index (κ1) is 12.9. The molecule has 2 aliphatic heterocycles. The van der Waals surface area contributed by atoms with Crippen molar-refractivity contribution in [3.8, 4) is 0 Å². The summed E-state index contributed by atoms with van der Waals surface area (Å²) < 4.78 is 0. The van der Waals surface area contributed by atoms with Crippen LogP contribution in [-0.4, -0.2) is 35.1 Å². The Hall–Kier alpha value is -0.0800. The van der Waals surface area contributed by atoms with Gasteiger partial charge in [0.2, 0.25) is 0 Å². The molecular formula is C16H30N2. The minimum absolute atomic E-state index is 0.618. The molecule has 1 aliphatic carbocycles. The molecular weight excluding hydrogens is 220 g/mol. The molecule has 2 unspecified atom stereocenters. The summed E-state index contributed by atoms with van der Waals surface area (Å²) in [4.78, 5) is 3.01. The maximum atomic E-state index is 3.71. The molecule has 18 heavy (non-hydrogen) atoms. The number of nitrogens with one attached hydrogen (secondary N) is 1. The Balaban J connectivity index is 1.75. The summed E-state index contributed by atoms with van der Waals surface area (Å²) >= 11 is 0. The van der Waals surface area contributed by atoms with E-state index in [0.717, 1.165) is 24.7 Å². The van der Waals surface area contributed by atoms with Crippen molar-refractivity contribution in [2.24, 2.45) is 0 Å². The molecule has 2 heteroatoms. The standard InChI is InChI=1S/C16H30N2/c1-3-16(9-6-10-16)18-14-7-5-8-15(18)12-13(11-14)17-4-2/h13-15,17H,3-12H2,1-2H3. The number of hydrogen-bond donors (Lipinski definition) is 1. The monoisotopic (exact) mass is 250 g/mol. The van der Waals surface area contributed by atoms with Gasteiger partial charge in [0.15, 0.2) is 0 Å². The van der Waals surface area contributed by atoms with Gasteiger partial charge in [0.1, 0.15) is 0 Å². The Morgan fingerprint density at radius 2 is 1.72 bits per heavy atom. The van der Waals surface area contributed by atoms with Crippen LogP contribution >= 0.6 is 0 Å². The lowest BCUT2D eigenvalue weighted by Gasteiger charge is -2.61. The first-order valence-corrected chi connectivity index (χ1v) is 8.31. The van der Waals surface area contributed by atoms with E-state index >= 15 is 0 Å². The molecule has 0 aromatic carbocycles. The van der Waals surface area contributed by atoms with Gasteiger partial charge in [0, 0.05) is 23.7 Å². The summed E-state index contributed by atoms with van der Waals surface area (Å²) in [6.07, 6.45) is 13.0. The zero-order valence-electron chi connectivity index (χ0n) is 12.3. The van der Waals surface area contributed by atoms with Crippen LogP contribution < -0.4 is 5.32 Å². The number of nitrogens with zero attached hydrogens (tertiary/aromatic N) is 1. The fourth-order valence-electron chi connectivity index (χ4n) is 4.99. The van der Waals surface area contributed by atoms with Crippen LogP contribution in [0.2, 0.25) is 0 Å². The smallest absolute Gasteiger partial charge is 0.0212 e. The normalized spacial score (nSPS) is 39.3. The molecule has 2 heterocycles. The Morgan fingerprint density at radius 1 is 1.06 bits per heavy atom. The van der Waals surface area contributed by atoms with Crippen molar-refractivity contribution in [3.05, 3.63) is 0 Å². The van der Waals surface area contributed by atoms with Gasteiger partial charge >= 0.3 is 0 Å². The maximum absolute atomic E-state index is 3.71. The van der Waals surface area contributed by atoms with Gasteiger partial charge in [-0.3, -0.25) is 4.90 Å². The molecule has 0 aromatic rings. The minimum Gasteiger partial charge on any atom is -0.314 e. The molecule has 0 amide bonds. The lowest BCUT2D eigenvalue weighted by molar-refractivity contribution is -0.100. The third kappa shape index (κ3) is 2.02. The van der Waals surface area contributed by atoms with Crippen molar-refractivity contribution in [2.45, 2.75) is 95.3 Å². The third-order valence-electron chi connectivity index (χ3n) is 5.96. The van der Waals surface area contributed by atoms with Crippen LogP contribution in [0.4, 0.5) is 0 Å². The summed E-state index contributed by atoms with van der Waals surface area (Å²) in [5.41, 5.74) is 0.618. The Bertz CT molecular complexity index is 265. The molecule has 2 bridgehead atoms. The van der Waals surface area contributed by atoms with E-state index in [0.29, 0.717) is 5.54 Å². The van der Waals surface area contributed by atoms with Crippen LogP contribution in [0.25, 0.3) is 0 Å². The van der Waals surface area contributed by atoms with Crippen molar-refractivity contribution in [1.29, 1.82) is 0 Å². The zero-order valence-corrected chi connectivity index (χ0v) is 12.3. The van der Waals surface area contributed by atoms with E-state index in [1.165, 1.54) is 57.8 Å². The number of hydrogen-bond acceptors (Lipinski definition) is 2. The van der Waals surface area contributed by atoms with E-state index in [1.807, 2.05) is 0 Å². The fraction of sp³-hybridized carbons (Fsp3) is 1.00. The van der Waals surface area contributed by atoms with Crippen molar-refractivity contribution >= 4 is 0 Å². The highest BCUT2D eigenvalue weighted by atomic mass is 15.3. The average molecular weight is 250 g/mol. The van der Waals surface area contributed by atoms with Gasteiger partial charge in [0.25, 0.3) is 0 Å². The van der Waals surface area contributed by atoms with E-state index < -0.39 is 0 Å². The first-order valence-electron chi connectivity index (χ1n) is 8.31. The molecule has 1 saturated carbocycles. The molecule has 3 rings (SSSR count). The summed E-state index contributed by atoms with van der Waals surface area (Å²) in [7, 11) is 0. The number of piperidine rings is 2. The third-order valence-corrected chi connectivity index (χ3v) is 5.96. The molecule has 3 aliphatic rings. The predicted octanol–water partition coefficient (Wildman–Crippen LogP) is 3.31. The van der Waals surface area contributed by atoms with E-state index in [2.05, 4.69) is 24.1 Å². The van der Waals surface area contributed by atoms with Crippen LogP contribution in [0.3, 0.4) is 0 Å². The van der Waals surface area contributed by atoms with E-state index in [-0.39, 0.29) is 0 Å². The topological polar surface area (TPSA) is 15.3 Å². The molecule has 2 saturated heterocycles. The minimum atomic E-state index is 0.618. The van der Waals surface area contributed by atoms with E-state index in [9.17, 15) is 0 Å². The highest BCUT2D eigenvalue weighted by Gasteiger charge is 2.50. The van der Waals surface area contributed by atoms with Crippen LogP contribution in [0.1, 0.15) is 71.6 Å². The molecule has 3 fully saturated rings. The summed E-state index contributed by atoms with van der Waals surface area (Å²) in [6.45, 7) is 5.82. The van der Waals surface area contributed by atoms with Crippen molar-refractivity contribution in [1.82, 2.24) is 10.2 Å². The van der Waals surface area contributed by atoms with E-state index in [4.69, 9.17) is 0 Å². The zero-order chi connectivity index (χ0) is 12.6. The van der Waals surface area contributed by atoms with Crippen LogP contribution in [0.15, 0.2) is 0 Å².